The minimum absolute atomic E-state index is 1.01. The topological polar surface area (TPSA) is 15.6 Å². The van der Waals surface area contributed by atoms with Crippen molar-refractivity contribution in [1.82, 2.24) is 5.34 Å². The monoisotopic (exact) mass is 116 g/mol. The first-order chi connectivity index (χ1) is 3.18. The number of nitrogens with zero attached hydrogens (tertiary/aromatic N) is 2. The molecule has 0 heterocycles. The molecule has 0 amide bonds. The molecule has 0 spiro atoms. The predicted octanol–water partition coefficient (Wildman–Crippen LogP) is 1.27. The standard InChI is InChI=1S/CF4N2/c2-1(6-3)7(4)5/b6-1+. The van der Waals surface area contributed by atoms with Crippen LogP contribution in [-0.4, -0.2) is 11.4 Å². The second-order valence-electron chi connectivity index (χ2n) is 0.586. The fourth-order valence-corrected chi connectivity index (χ4v) is 0.0286. The van der Waals surface area contributed by atoms with Gasteiger partial charge >= 0.3 is 6.09 Å². The Kier molecular flexibility index (Phi) is 2.10. The summed E-state index contributed by atoms with van der Waals surface area (Å²) in [7, 11) is 0. The molecule has 0 radical (unpaired) electrons. The van der Waals surface area contributed by atoms with E-state index in [-0.39, 0.29) is 0 Å². The highest BCUT2D eigenvalue weighted by molar-refractivity contribution is 5.68. The molecule has 0 N–H and O–H groups in total. The second kappa shape index (κ2) is 2.38. The fourth-order valence-electron chi connectivity index (χ4n) is 0.0286. The van der Waals surface area contributed by atoms with Gasteiger partial charge in [-0.15, -0.1) is 0 Å². The number of hydrogen-bond acceptors (Lipinski definition) is 1. The molecule has 0 aliphatic heterocycles. The SMILES string of the molecule is F/N=C(\F)N(F)F. The van der Waals surface area contributed by atoms with Crippen molar-refractivity contribution < 1.29 is 17.8 Å². The second-order valence-corrected chi connectivity index (χ2v) is 0.586. The molecule has 42 valence electrons. The Morgan fingerprint density at radius 3 is 1.86 bits per heavy atom. The molecule has 0 fully saturated rings. The first-order valence-electron chi connectivity index (χ1n) is 1.14. The molecule has 2 nitrogen and oxygen atoms in total. The Morgan fingerprint density at radius 1 is 1.43 bits per heavy atom. The van der Waals surface area contributed by atoms with E-state index < -0.39 is 11.4 Å². The van der Waals surface area contributed by atoms with Gasteiger partial charge in [0.25, 0.3) is 0 Å². The maximum absolute atomic E-state index is 10.8. The van der Waals surface area contributed by atoms with Crippen LogP contribution in [0.25, 0.3) is 0 Å². The van der Waals surface area contributed by atoms with E-state index in [4.69, 9.17) is 0 Å². The molecular formula is CF4N2. The molecule has 0 saturated heterocycles. The van der Waals surface area contributed by atoms with Gasteiger partial charge in [0.05, 0.1) is 0 Å². The van der Waals surface area contributed by atoms with Crippen molar-refractivity contribution in [3.63, 3.8) is 0 Å². The molecule has 0 bridgehead atoms. The van der Waals surface area contributed by atoms with Crippen LogP contribution in [0.1, 0.15) is 0 Å². The van der Waals surface area contributed by atoms with Crippen molar-refractivity contribution in [3.05, 3.63) is 0 Å². The predicted molar refractivity (Wildman–Crippen MR) is 13.7 cm³/mol. The van der Waals surface area contributed by atoms with Crippen LogP contribution in [0, 0.1) is 0 Å². The van der Waals surface area contributed by atoms with Crippen molar-refractivity contribution in [2.24, 2.45) is 5.21 Å². The Bertz CT molecular complexity index is 77.8. The Morgan fingerprint density at radius 2 is 1.86 bits per heavy atom. The van der Waals surface area contributed by atoms with Gasteiger partial charge in [-0.2, -0.15) is 4.39 Å². The highest BCUT2D eigenvalue weighted by Gasteiger charge is 2.05. The number of hydrogen-bond donors (Lipinski definition) is 0. The zero-order valence-corrected chi connectivity index (χ0v) is 2.91. The maximum atomic E-state index is 10.8. The smallest absolute Gasteiger partial charge is 0.156 e. The van der Waals surface area contributed by atoms with Crippen molar-refractivity contribution in [2.75, 3.05) is 0 Å². The number of amidine groups is 1. The van der Waals surface area contributed by atoms with Crippen LogP contribution in [0.15, 0.2) is 5.21 Å². The lowest BCUT2D eigenvalue weighted by Gasteiger charge is -1.87. The summed E-state index contributed by atoms with van der Waals surface area (Å²) in [5.41, 5.74) is 0. The average Bonchev–Trinajstić information content (AvgIpc) is 1.65. The van der Waals surface area contributed by atoms with E-state index in [9.17, 15) is 17.8 Å². The normalized spacial score (nSPS) is 11.7. The highest BCUT2D eigenvalue weighted by atomic mass is 19.4. The first-order valence-corrected chi connectivity index (χ1v) is 1.14. The zero-order valence-electron chi connectivity index (χ0n) is 2.91. The van der Waals surface area contributed by atoms with Gasteiger partial charge in [0.1, 0.15) is 0 Å². The highest BCUT2D eigenvalue weighted by Crippen LogP contribution is 1.93. The van der Waals surface area contributed by atoms with Gasteiger partial charge in [-0.25, -0.2) is 0 Å². The molecule has 0 aromatic heterocycles. The fraction of sp³-hybridized carbons (Fsp3) is 0. The third-order valence-electron chi connectivity index (χ3n) is 0.209. The summed E-state index contributed by atoms with van der Waals surface area (Å²) in [5, 5.41) is -1.06. The summed E-state index contributed by atoms with van der Waals surface area (Å²) in [6, 6.07) is 0. The summed E-state index contributed by atoms with van der Waals surface area (Å²) in [5.74, 6) is 0. The summed E-state index contributed by atoms with van der Waals surface area (Å²) in [4.78, 5) is 0. The van der Waals surface area contributed by atoms with E-state index in [0.29, 0.717) is 0 Å². The Hall–Kier alpha value is -0.810. The van der Waals surface area contributed by atoms with Gasteiger partial charge < -0.3 is 0 Å². The molecular weight excluding hydrogens is 116 g/mol. The van der Waals surface area contributed by atoms with Crippen molar-refractivity contribution in [2.45, 2.75) is 0 Å². The van der Waals surface area contributed by atoms with E-state index in [1.807, 2.05) is 0 Å². The van der Waals surface area contributed by atoms with Crippen LogP contribution in [0.2, 0.25) is 0 Å². The van der Waals surface area contributed by atoms with Crippen molar-refractivity contribution in [1.29, 1.82) is 0 Å². The number of rotatable bonds is 0. The van der Waals surface area contributed by atoms with Crippen LogP contribution in [-0.2, 0) is 0 Å². The summed E-state index contributed by atoms with van der Waals surface area (Å²) < 4.78 is 42.2. The van der Waals surface area contributed by atoms with E-state index in [1.165, 1.54) is 0 Å². The Balaban J connectivity index is 3.56. The van der Waals surface area contributed by atoms with Gasteiger partial charge in [-0.05, 0) is 5.21 Å². The van der Waals surface area contributed by atoms with Gasteiger partial charge in [0.15, 0.2) is 0 Å². The minimum atomic E-state index is -2.44. The molecule has 0 aromatic rings. The van der Waals surface area contributed by atoms with Crippen molar-refractivity contribution in [3.8, 4) is 0 Å². The molecule has 0 rings (SSSR count). The van der Waals surface area contributed by atoms with E-state index in [1.54, 1.807) is 0 Å². The largest absolute Gasteiger partial charge is 0.371 e. The number of halogens is 4. The van der Waals surface area contributed by atoms with E-state index in [0.717, 1.165) is 5.21 Å². The van der Waals surface area contributed by atoms with Crippen LogP contribution in [0.4, 0.5) is 17.8 Å². The van der Waals surface area contributed by atoms with Gasteiger partial charge in [-0.3, -0.25) is 0 Å². The van der Waals surface area contributed by atoms with Crippen LogP contribution < -0.4 is 0 Å². The summed E-state index contributed by atoms with van der Waals surface area (Å²) in [6.45, 7) is 0. The van der Waals surface area contributed by atoms with E-state index >= 15 is 0 Å². The third kappa shape index (κ3) is 1.96. The van der Waals surface area contributed by atoms with Gasteiger partial charge in [0.2, 0.25) is 0 Å². The average molecular weight is 116 g/mol. The summed E-state index contributed by atoms with van der Waals surface area (Å²) >= 11 is 0. The van der Waals surface area contributed by atoms with E-state index in [2.05, 4.69) is 0 Å². The third-order valence-corrected chi connectivity index (χ3v) is 0.209. The lowest BCUT2D eigenvalue weighted by atomic mass is 11.3. The zero-order chi connectivity index (χ0) is 5.86. The van der Waals surface area contributed by atoms with Gasteiger partial charge in [0, 0.05) is 5.34 Å². The maximum Gasteiger partial charge on any atom is 0.371 e. The molecule has 0 aromatic carbocycles. The minimum Gasteiger partial charge on any atom is -0.156 e. The van der Waals surface area contributed by atoms with Crippen LogP contribution in [0.3, 0.4) is 0 Å². The quantitative estimate of drug-likeness (QED) is 0.153. The van der Waals surface area contributed by atoms with Crippen LogP contribution >= 0.6 is 0 Å². The molecule has 0 unspecified atom stereocenters. The molecule has 0 aliphatic carbocycles. The molecule has 0 atom stereocenters. The lowest BCUT2D eigenvalue weighted by molar-refractivity contribution is -0.0863. The molecule has 0 aliphatic rings. The summed E-state index contributed by atoms with van der Waals surface area (Å²) in [6.07, 6.45) is -2.44. The van der Waals surface area contributed by atoms with Crippen molar-refractivity contribution >= 4 is 6.09 Å². The molecule has 6 heteroatoms. The first kappa shape index (κ1) is 6.19. The Labute approximate surface area is 35.9 Å². The lowest BCUT2D eigenvalue weighted by Crippen LogP contribution is -2.05. The van der Waals surface area contributed by atoms with Crippen LogP contribution in [0.5, 0.6) is 0 Å². The molecule has 0 saturated carbocycles. The molecule has 7 heavy (non-hydrogen) atoms. The van der Waals surface area contributed by atoms with Gasteiger partial charge in [-0.1, -0.05) is 13.4 Å².